The van der Waals surface area contributed by atoms with Crippen LogP contribution in [0.15, 0.2) is 24.3 Å². The zero-order valence-corrected chi connectivity index (χ0v) is 12.5. The third kappa shape index (κ3) is 5.24. The number of hydrogen-bond donors (Lipinski definition) is 4. The predicted octanol–water partition coefficient (Wildman–Crippen LogP) is -0.115. The second kappa shape index (κ2) is 8.94. The first kappa shape index (κ1) is 17.8. The molecule has 0 aromatic rings. The Labute approximate surface area is 125 Å². The molecule has 6 nitrogen and oxygen atoms in total. The van der Waals surface area contributed by atoms with E-state index in [0.29, 0.717) is 6.42 Å². The van der Waals surface area contributed by atoms with Crippen LogP contribution in [0.4, 0.5) is 0 Å². The summed E-state index contributed by atoms with van der Waals surface area (Å²) in [7, 11) is 0. The number of nitrogens with one attached hydrogen (secondary N) is 1. The Balaban J connectivity index is 0.000000369. The molecule has 2 rings (SSSR count). The van der Waals surface area contributed by atoms with Crippen molar-refractivity contribution in [1.82, 2.24) is 5.32 Å². The van der Waals surface area contributed by atoms with Gasteiger partial charge in [-0.3, -0.25) is 4.79 Å². The lowest BCUT2D eigenvalue weighted by molar-refractivity contribution is -0.190. The summed E-state index contributed by atoms with van der Waals surface area (Å²) in [6, 6.07) is -0.648. The van der Waals surface area contributed by atoms with Gasteiger partial charge in [0.15, 0.2) is 0 Å². The highest BCUT2D eigenvalue weighted by Gasteiger charge is 2.42. The van der Waals surface area contributed by atoms with Crippen LogP contribution in [-0.2, 0) is 9.53 Å². The molecule has 120 valence electrons. The minimum atomic E-state index is -1.19. The highest BCUT2D eigenvalue weighted by molar-refractivity contribution is 5.76. The molecule has 0 aromatic carbocycles. The second-order valence-electron chi connectivity index (χ2n) is 5.08. The quantitative estimate of drug-likeness (QED) is 0.582. The summed E-state index contributed by atoms with van der Waals surface area (Å²) in [5.74, 6) is -0.214. The maximum absolute atomic E-state index is 11.2. The second-order valence-corrected chi connectivity index (χ2v) is 5.08. The number of amides is 1. The average Bonchev–Trinajstić information content (AvgIpc) is 3.06. The number of aliphatic hydroxyl groups is 3. The number of ether oxygens (including phenoxy) is 1. The summed E-state index contributed by atoms with van der Waals surface area (Å²) in [6.07, 6.45) is 6.22. The number of allylic oxidation sites excluding steroid dienone is 4. The minimum Gasteiger partial charge on any atom is -0.394 e. The highest BCUT2D eigenvalue weighted by atomic mass is 16.5. The van der Waals surface area contributed by atoms with Crippen molar-refractivity contribution in [2.24, 2.45) is 0 Å². The van der Waals surface area contributed by atoms with E-state index >= 15 is 0 Å². The monoisotopic (exact) mass is 299 g/mol. The van der Waals surface area contributed by atoms with E-state index in [0.717, 1.165) is 6.42 Å². The number of carbonyl (C=O) groups is 1. The van der Waals surface area contributed by atoms with E-state index in [-0.39, 0.29) is 12.5 Å². The van der Waals surface area contributed by atoms with Gasteiger partial charge in [-0.25, -0.2) is 0 Å². The van der Waals surface area contributed by atoms with Crippen LogP contribution in [-0.4, -0.2) is 58.3 Å². The van der Waals surface area contributed by atoms with Crippen LogP contribution in [0.25, 0.3) is 0 Å². The van der Waals surface area contributed by atoms with Crippen LogP contribution < -0.4 is 5.32 Å². The molecule has 0 spiro atoms. The smallest absolute Gasteiger partial charge is 0.220 e. The van der Waals surface area contributed by atoms with Gasteiger partial charge in [-0.1, -0.05) is 31.2 Å². The summed E-state index contributed by atoms with van der Waals surface area (Å²) in [5.41, 5.74) is 0. The molecule has 0 aromatic heterocycles. The summed E-state index contributed by atoms with van der Waals surface area (Å²) in [6.45, 7) is 3.01. The van der Waals surface area contributed by atoms with Gasteiger partial charge in [-0.2, -0.15) is 0 Å². The first-order valence-corrected chi connectivity index (χ1v) is 7.24. The van der Waals surface area contributed by atoms with Gasteiger partial charge in [0.2, 0.25) is 5.91 Å². The zero-order chi connectivity index (χ0) is 15.8. The van der Waals surface area contributed by atoms with Crippen LogP contribution >= 0.6 is 0 Å². The van der Waals surface area contributed by atoms with Crippen molar-refractivity contribution in [3.8, 4) is 0 Å². The van der Waals surface area contributed by atoms with Crippen LogP contribution in [0.5, 0.6) is 0 Å². The van der Waals surface area contributed by atoms with E-state index in [1.165, 1.54) is 0 Å². The fourth-order valence-electron chi connectivity index (χ4n) is 2.19. The molecule has 21 heavy (non-hydrogen) atoms. The van der Waals surface area contributed by atoms with Gasteiger partial charge in [0.1, 0.15) is 18.3 Å². The lowest BCUT2D eigenvalue weighted by atomic mass is 9.93. The number of aliphatic hydroxyl groups excluding tert-OH is 3. The highest BCUT2D eigenvalue weighted by Crippen LogP contribution is 2.20. The standard InChI is InChI=1S/C10H19NO5.C5H6/c1-3-7(13)11-8-5(2)16-6(4-12)9(14)10(8)15;1-2-4-5-3-1/h5-6,8-10,12,14-15H,3-4H2,1-2H3,(H,11,13);1-4H,5H2/t5-,6?,8?,9+,10-;/m1./s1. The van der Waals surface area contributed by atoms with Crippen molar-refractivity contribution in [2.45, 2.75) is 57.1 Å². The van der Waals surface area contributed by atoms with E-state index in [1.54, 1.807) is 13.8 Å². The fourth-order valence-corrected chi connectivity index (χ4v) is 2.19. The lowest BCUT2D eigenvalue weighted by Crippen LogP contribution is -2.63. The Bertz CT molecular complexity index is 372. The molecule has 0 radical (unpaired) electrons. The third-order valence-corrected chi connectivity index (χ3v) is 3.48. The van der Waals surface area contributed by atoms with E-state index < -0.39 is 30.5 Å². The molecule has 5 atom stereocenters. The summed E-state index contributed by atoms with van der Waals surface area (Å²) < 4.78 is 5.30. The topological polar surface area (TPSA) is 99.0 Å². The SMILES string of the molecule is C1=CCC=C1.CCC(=O)NC1[C@@H](O)[C@@H](O)C(CO)O[C@@H]1C. The minimum absolute atomic E-state index is 0.214. The van der Waals surface area contributed by atoms with Gasteiger partial charge < -0.3 is 25.4 Å². The van der Waals surface area contributed by atoms with E-state index in [9.17, 15) is 15.0 Å². The summed E-state index contributed by atoms with van der Waals surface area (Å²) in [5, 5.41) is 30.9. The van der Waals surface area contributed by atoms with Gasteiger partial charge in [0, 0.05) is 6.42 Å². The van der Waals surface area contributed by atoms with Crippen molar-refractivity contribution >= 4 is 5.91 Å². The Morgan fingerprint density at radius 2 is 1.90 bits per heavy atom. The van der Waals surface area contributed by atoms with E-state index in [1.807, 2.05) is 0 Å². The molecule has 1 saturated heterocycles. The van der Waals surface area contributed by atoms with Crippen molar-refractivity contribution in [3.05, 3.63) is 24.3 Å². The molecule has 1 amide bonds. The maximum atomic E-state index is 11.2. The molecule has 1 fully saturated rings. The molecular weight excluding hydrogens is 274 g/mol. The van der Waals surface area contributed by atoms with Crippen molar-refractivity contribution in [2.75, 3.05) is 6.61 Å². The van der Waals surface area contributed by atoms with Crippen molar-refractivity contribution in [1.29, 1.82) is 0 Å². The van der Waals surface area contributed by atoms with Gasteiger partial charge in [-0.05, 0) is 13.3 Å². The molecule has 2 unspecified atom stereocenters. The average molecular weight is 299 g/mol. The Morgan fingerprint density at radius 3 is 2.33 bits per heavy atom. The number of rotatable bonds is 3. The van der Waals surface area contributed by atoms with E-state index in [4.69, 9.17) is 9.84 Å². The summed E-state index contributed by atoms with van der Waals surface area (Å²) >= 11 is 0. The molecule has 1 aliphatic carbocycles. The Morgan fingerprint density at radius 1 is 1.29 bits per heavy atom. The van der Waals surface area contributed by atoms with Gasteiger partial charge in [0.25, 0.3) is 0 Å². The van der Waals surface area contributed by atoms with Crippen LogP contribution in [0.3, 0.4) is 0 Å². The molecule has 0 saturated carbocycles. The first-order chi connectivity index (χ1) is 10.0. The van der Waals surface area contributed by atoms with Crippen LogP contribution in [0, 0.1) is 0 Å². The third-order valence-electron chi connectivity index (χ3n) is 3.48. The fraction of sp³-hybridized carbons (Fsp3) is 0.667. The predicted molar refractivity (Wildman–Crippen MR) is 78.6 cm³/mol. The summed E-state index contributed by atoms with van der Waals surface area (Å²) in [4.78, 5) is 11.2. The van der Waals surface area contributed by atoms with Crippen molar-refractivity contribution < 1.29 is 24.9 Å². The zero-order valence-electron chi connectivity index (χ0n) is 12.5. The molecule has 0 bridgehead atoms. The lowest BCUT2D eigenvalue weighted by Gasteiger charge is -2.41. The van der Waals surface area contributed by atoms with Gasteiger partial charge in [0.05, 0.1) is 18.8 Å². The largest absolute Gasteiger partial charge is 0.394 e. The Hall–Kier alpha value is -1.21. The normalized spacial score (nSPS) is 34.2. The number of hydrogen-bond acceptors (Lipinski definition) is 5. The van der Waals surface area contributed by atoms with Crippen LogP contribution in [0.1, 0.15) is 26.7 Å². The number of carbonyl (C=O) groups excluding carboxylic acids is 1. The van der Waals surface area contributed by atoms with E-state index in [2.05, 4.69) is 29.6 Å². The van der Waals surface area contributed by atoms with Gasteiger partial charge >= 0.3 is 0 Å². The molecule has 1 heterocycles. The molecular formula is C15H25NO5. The Kier molecular flexibility index (Phi) is 7.60. The molecule has 2 aliphatic rings. The van der Waals surface area contributed by atoms with Crippen LogP contribution in [0.2, 0.25) is 0 Å². The van der Waals surface area contributed by atoms with Crippen molar-refractivity contribution in [3.63, 3.8) is 0 Å². The maximum Gasteiger partial charge on any atom is 0.220 e. The first-order valence-electron chi connectivity index (χ1n) is 7.24. The van der Waals surface area contributed by atoms with Gasteiger partial charge in [-0.15, -0.1) is 0 Å². The molecule has 4 N–H and O–H groups in total. The molecule has 6 heteroatoms. The molecule has 1 aliphatic heterocycles.